The van der Waals surface area contributed by atoms with Crippen LogP contribution in [0.3, 0.4) is 0 Å². The van der Waals surface area contributed by atoms with Gasteiger partial charge in [-0.1, -0.05) is 18.2 Å². The minimum Gasteiger partial charge on any atom is -0.413 e. The molecule has 0 bridgehead atoms. The maximum Gasteiger partial charge on any atom is 0.268 e. The van der Waals surface area contributed by atoms with Crippen molar-refractivity contribution in [1.82, 2.24) is 30.0 Å². The van der Waals surface area contributed by atoms with E-state index in [-0.39, 0.29) is 17.7 Å². The van der Waals surface area contributed by atoms with Gasteiger partial charge in [0.25, 0.3) is 17.7 Å². The van der Waals surface area contributed by atoms with Gasteiger partial charge < -0.3 is 15.1 Å². The van der Waals surface area contributed by atoms with Crippen molar-refractivity contribution in [3.05, 3.63) is 59.9 Å². The van der Waals surface area contributed by atoms with Crippen molar-refractivity contribution in [2.24, 2.45) is 0 Å². The van der Waals surface area contributed by atoms with E-state index in [0.717, 1.165) is 5.56 Å². The van der Waals surface area contributed by atoms with E-state index in [9.17, 15) is 4.79 Å². The van der Waals surface area contributed by atoms with E-state index >= 15 is 0 Å². The minimum atomic E-state index is -0.0641. The number of nitrogens with two attached hydrogens (primary N) is 1. The fourth-order valence-corrected chi connectivity index (χ4v) is 2.83. The number of rotatable bonds is 4. The van der Waals surface area contributed by atoms with Crippen LogP contribution in [0.4, 0.5) is 5.82 Å². The first-order chi connectivity index (χ1) is 14.4. The highest BCUT2D eigenvalue weighted by atomic mass is 16.4. The van der Waals surface area contributed by atoms with Crippen molar-refractivity contribution in [2.45, 2.75) is 6.92 Å². The van der Waals surface area contributed by atoms with E-state index in [1.165, 1.54) is 4.90 Å². The zero-order chi connectivity index (χ0) is 21.3. The SMILES string of the molecule is Cc1ncc(-c2ccc(C(=O)N(C)C)cc2)nc1-c1nnc(-c2cccc(N)n2)o1. The van der Waals surface area contributed by atoms with Crippen LogP contribution < -0.4 is 5.73 Å². The Morgan fingerprint density at radius 2 is 1.70 bits per heavy atom. The van der Waals surface area contributed by atoms with E-state index in [2.05, 4.69) is 25.1 Å². The summed E-state index contributed by atoms with van der Waals surface area (Å²) in [7, 11) is 3.43. The number of hydrogen-bond donors (Lipinski definition) is 1. The Morgan fingerprint density at radius 3 is 2.40 bits per heavy atom. The number of nitrogen functional groups attached to an aromatic ring is 1. The monoisotopic (exact) mass is 401 g/mol. The van der Waals surface area contributed by atoms with Crippen molar-refractivity contribution in [3.8, 4) is 34.4 Å². The van der Waals surface area contributed by atoms with Gasteiger partial charge in [-0.3, -0.25) is 9.78 Å². The molecule has 0 aliphatic heterocycles. The van der Waals surface area contributed by atoms with Crippen LogP contribution in [-0.2, 0) is 0 Å². The highest BCUT2D eigenvalue weighted by Crippen LogP contribution is 2.26. The Hall–Kier alpha value is -4.14. The zero-order valence-electron chi connectivity index (χ0n) is 16.7. The number of carbonyl (C=O) groups excluding carboxylic acids is 1. The number of amides is 1. The van der Waals surface area contributed by atoms with E-state index in [1.807, 2.05) is 19.1 Å². The number of aryl methyl sites for hydroxylation is 1. The second kappa shape index (κ2) is 7.70. The molecular formula is C21H19N7O2. The number of benzene rings is 1. The molecule has 150 valence electrons. The van der Waals surface area contributed by atoms with E-state index < -0.39 is 0 Å². The van der Waals surface area contributed by atoms with Gasteiger partial charge in [-0.05, 0) is 31.2 Å². The maximum atomic E-state index is 12.1. The van der Waals surface area contributed by atoms with Crippen molar-refractivity contribution in [1.29, 1.82) is 0 Å². The summed E-state index contributed by atoms with van der Waals surface area (Å²) in [6.45, 7) is 1.81. The third-order valence-electron chi connectivity index (χ3n) is 4.41. The first-order valence-corrected chi connectivity index (χ1v) is 9.15. The molecule has 0 radical (unpaired) electrons. The smallest absolute Gasteiger partial charge is 0.268 e. The van der Waals surface area contributed by atoms with Crippen molar-refractivity contribution < 1.29 is 9.21 Å². The Balaban J connectivity index is 1.67. The molecule has 0 aliphatic rings. The topological polar surface area (TPSA) is 124 Å². The molecule has 0 fully saturated rings. The first kappa shape index (κ1) is 19.2. The molecule has 3 aromatic heterocycles. The summed E-state index contributed by atoms with van der Waals surface area (Å²) >= 11 is 0. The summed E-state index contributed by atoms with van der Waals surface area (Å²) < 4.78 is 5.77. The molecule has 0 saturated carbocycles. The Kier molecular flexibility index (Phi) is 4.93. The Morgan fingerprint density at radius 1 is 0.967 bits per heavy atom. The van der Waals surface area contributed by atoms with Crippen molar-refractivity contribution in [2.75, 3.05) is 19.8 Å². The highest BCUT2D eigenvalue weighted by Gasteiger charge is 2.17. The molecule has 3 heterocycles. The summed E-state index contributed by atoms with van der Waals surface area (Å²) in [5.41, 5.74) is 9.37. The summed E-state index contributed by atoms with van der Waals surface area (Å²) in [6.07, 6.45) is 1.67. The maximum absolute atomic E-state index is 12.1. The average Bonchev–Trinajstić information content (AvgIpc) is 3.24. The predicted molar refractivity (Wildman–Crippen MR) is 111 cm³/mol. The van der Waals surface area contributed by atoms with Gasteiger partial charge in [0.15, 0.2) is 0 Å². The normalized spacial score (nSPS) is 10.8. The van der Waals surface area contributed by atoms with Crippen LogP contribution in [0.5, 0.6) is 0 Å². The fourth-order valence-electron chi connectivity index (χ4n) is 2.83. The first-order valence-electron chi connectivity index (χ1n) is 9.15. The molecule has 0 atom stereocenters. The van der Waals surface area contributed by atoms with E-state index in [0.29, 0.717) is 34.2 Å². The van der Waals surface area contributed by atoms with Crippen LogP contribution in [-0.4, -0.2) is 50.1 Å². The van der Waals surface area contributed by atoms with E-state index in [4.69, 9.17) is 10.2 Å². The lowest BCUT2D eigenvalue weighted by atomic mass is 10.1. The van der Waals surface area contributed by atoms with Crippen molar-refractivity contribution in [3.63, 3.8) is 0 Å². The number of aromatic nitrogens is 5. The Bertz CT molecular complexity index is 1220. The average molecular weight is 401 g/mol. The third-order valence-corrected chi connectivity index (χ3v) is 4.41. The third kappa shape index (κ3) is 3.72. The second-order valence-corrected chi connectivity index (χ2v) is 6.83. The molecule has 2 N–H and O–H groups in total. The van der Waals surface area contributed by atoms with Crippen LogP contribution in [0.2, 0.25) is 0 Å². The van der Waals surface area contributed by atoms with Gasteiger partial charge in [0.1, 0.15) is 17.2 Å². The zero-order valence-corrected chi connectivity index (χ0v) is 16.7. The van der Waals surface area contributed by atoms with Crippen LogP contribution >= 0.6 is 0 Å². The van der Waals surface area contributed by atoms with Gasteiger partial charge in [-0.2, -0.15) is 0 Å². The molecule has 30 heavy (non-hydrogen) atoms. The number of nitrogens with zero attached hydrogens (tertiary/aromatic N) is 6. The molecule has 0 unspecified atom stereocenters. The standard InChI is InChI=1S/C21H19N7O2/c1-12-18(20-27-26-19(30-20)15-5-4-6-17(22)24-15)25-16(11-23-12)13-7-9-14(10-8-13)21(29)28(2)3/h4-11H,1-3H3,(H2,22,24). The lowest BCUT2D eigenvalue weighted by molar-refractivity contribution is 0.0827. The molecule has 0 saturated heterocycles. The fraction of sp³-hybridized carbons (Fsp3) is 0.143. The van der Waals surface area contributed by atoms with Crippen LogP contribution in [0, 0.1) is 6.92 Å². The largest absolute Gasteiger partial charge is 0.413 e. The molecule has 4 rings (SSSR count). The van der Waals surface area contributed by atoms with Gasteiger partial charge >= 0.3 is 0 Å². The van der Waals surface area contributed by atoms with Gasteiger partial charge in [-0.15, -0.1) is 10.2 Å². The lowest BCUT2D eigenvalue weighted by Gasteiger charge is -2.10. The number of hydrogen-bond acceptors (Lipinski definition) is 8. The second-order valence-electron chi connectivity index (χ2n) is 6.83. The number of carbonyl (C=O) groups is 1. The summed E-state index contributed by atoms with van der Waals surface area (Å²) in [5, 5.41) is 8.14. The van der Waals surface area contributed by atoms with Crippen LogP contribution in [0.15, 0.2) is 53.1 Å². The van der Waals surface area contributed by atoms with Gasteiger partial charge in [0.2, 0.25) is 0 Å². The summed E-state index contributed by atoms with van der Waals surface area (Å²) in [5.74, 6) is 0.781. The Labute approximate surface area is 172 Å². The quantitative estimate of drug-likeness (QED) is 0.553. The van der Waals surface area contributed by atoms with Crippen molar-refractivity contribution >= 4 is 11.7 Å². The molecule has 4 aromatic rings. The lowest BCUT2D eigenvalue weighted by Crippen LogP contribution is -2.21. The van der Waals surface area contributed by atoms with Gasteiger partial charge in [-0.25, -0.2) is 9.97 Å². The molecule has 1 aromatic carbocycles. The number of pyridine rings is 1. The van der Waals surface area contributed by atoms with Crippen LogP contribution in [0.25, 0.3) is 34.4 Å². The van der Waals surface area contributed by atoms with Gasteiger partial charge in [0.05, 0.1) is 17.6 Å². The minimum absolute atomic E-state index is 0.0641. The predicted octanol–water partition coefficient (Wildman–Crippen LogP) is 2.85. The molecule has 1 amide bonds. The summed E-state index contributed by atoms with van der Waals surface area (Å²) in [6, 6.07) is 12.4. The molecule has 0 aliphatic carbocycles. The van der Waals surface area contributed by atoms with E-state index in [1.54, 1.807) is 50.6 Å². The molecule has 0 spiro atoms. The molecular weight excluding hydrogens is 382 g/mol. The van der Waals surface area contributed by atoms with Gasteiger partial charge in [0, 0.05) is 25.2 Å². The highest BCUT2D eigenvalue weighted by molar-refractivity contribution is 5.94. The molecule has 9 nitrogen and oxygen atoms in total. The van der Waals surface area contributed by atoms with Crippen LogP contribution in [0.1, 0.15) is 16.1 Å². The number of anilines is 1. The molecule has 9 heteroatoms. The summed E-state index contributed by atoms with van der Waals surface area (Å²) in [4.78, 5) is 26.9.